The summed E-state index contributed by atoms with van der Waals surface area (Å²) in [6.45, 7) is 7.24. The third-order valence-corrected chi connectivity index (χ3v) is 6.04. The Bertz CT molecular complexity index is 1250. The van der Waals surface area contributed by atoms with Crippen LogP contribution in [0.25, 0.3) is 11.5 Å². The third kappa shape index (κ3) is 5.68. The zero-order valence-corrected chi connectivity index (χ0v) is 21.8. The van der Waals surface area contributed by atoms with Gasteiger partial charge in [0.2, 0.25) is 5.89 Å². The van der Waals surface area contributed by atoms with E-state index in [4.69, 9.17) is 13.9 Å². The molecule has 192 valence electrons. The Balaban J connectivity index is 1.95. The first kappa shape index (κ1) is 26.7. The number of aromatic nitrogens is 1. The molecule has 0 bridgehead atoms. The maximum absolute atomic E-state index is 13.1. The number of urea groups is 1. The molecule has 0 aliphatic rings. The van der Waals surface area contributed by atoms with E-state index in [2.05, 4.69) is 10.3 Å². The first-order chi connectivity index (χ1) is 16.9. The number of rotatable bonds is 9. The van der Waals surface area contributed by atoms with Crippen molar-refractivity contribution in [2.45, 2.75) is 46.4 Å². The first-order valence-electron chi connectivity index (χ1n) is 11.6. The van der Waals surface area contributed by atoms with Gasteiger partial charge in [-0.1, -0.05) is 18.2 Å². The number of aryl methyl sites for hydroxylation is 2. The highest BCUT2D eigenvalue weighted by Gasteiger charge is 2.35. The summed E-state index contributed by atoms with van der Waals surface area (Å²) in [5.41, 5.74) is 1.63. The van der Waals surface area contributed by atoms with Gasteiger partial charge in [0, 0.05) is 18.2 Å². The average molecular weight is 497 g/mol. The summed E-state index contributed by atoms with van der Waals surface area (Å²) >= 11 is 0. The van der Waals surface area contributed by atoms with E-state index in [0.29, 0.717) is 47.5 Å². The lowest BCUT2D eigenvalue weighted by Crippen LogP contribution is -2.52. The third-order valence-electron chi connectivity index (χ3n) is 6.04. The number of carboxylic acids is 1. The van der Waals surface area contributed by atoms with Gasteiger partial charge in [-0.05, 0) is 57.5 Å². The highest BCUT2D eigenvalue weighted by molar-refractivity contribution is 5.77. The van der Waals surface area contributed by atoms with Gasteiger partial charge in [-0.15, -0.1) is 0 Å². The first-order valence-corrected chi connectivity index (χ1v) is 11.6. The van der Waals surface area contributed by atoms with Gasteiger partial charge in [0.05, 0.1) is 14.2 Å². The van der Waals surface area contributed by atoms with Gasteiger partial charge in [0.1, 0.15) is 24.5 Å². The Morgan fingerprint density at radius 1 is 1.14 bits per heavy atom. The summed E-state index contributed by atoms with van der Waals surface area (Å²) in [7, 11) is 4.92. The number of quaternary nitrogens is 1. The number of aliphatic carboxylic acids is 1. The van der Waals surface area contributed by atoms with Gasteiger partial charge in [-0.2, -0.15) is 0 Å². The number of nitrogens with zero attached hydrogens (tertiary/aromatic N) is 2. The topological polar surface area (TPSA) is 111 Å². The molecule has 3 aromatic rings. The Kier molecular flexibility index (Phi) is 7.74. The minimum atomic E-state index is -1.44. The number of hydrogen-bond donors (Lipinski definition) is 2. The van der Waals surface area contributed by atoms with Gasteiger partial charge in [0.25, 0.3) is 0 Å². The predicted molar refractivity (Wildman–Crippen MR) is 135 cm³/mol. The lowest BCUT2D eigenvalue weighted by molar-refractivity contribution is -0.858. The molecular formula is C27H34N3O6+. The van der Waals surface area contributed by atoms with Crippen LogP contribution in [-0.4, -0.2) is 53.4 Å². The molecule has 0 saturated carbocycles. The minimum Gasteiger partial charge on any atom is -0.493 e. The number of amides is 2. The van der Waals surface area contributed by atoms with E-state index < -0.39 is 11.6 Å². The maximum atomic E-state index is 13.1. The van der Waals surface area contributed by atoms with Crippen molar-refractivity contribution in [3.63, 3.8) is 0 Å². The van der Waals surface area contributed by atoms with Crippen LogP contribution in [0.15, 0.2) is 46.9 Å². The Labute approximate surface area is 211 Å². The van der Waals surface area contributed by atoms with E-state index in [1.807, 2.05) is 57.3 Å². The van der Waals surface area contributed by atoms with Gasteiger partial charge in [-0.3, -0.25) is 0 Å². The van der Waals surface area contributed by atoms with Crippen LogP contribution in [0, 0.1) is 13.8 Å². The van der Waals surface area contributed by atoms with E-state index in [0.717, 1.165) is 11.1 Å². The smallest absolute Gasteiger partial charge is 0.416 e. The highest BCUT2D eigenvalue weighted by atomic mass is 16.5. The van der Waals surface area contributed by atoms with Crippen molar-refractivity contribution in [2.24, 2.45) is 0 Å². The number of methoxy groups -OCH3 is 1. The quantitative estimate of drug-likeness (QED) is 0.413. The number of carbonyl (C=O) groups excluding carboxylic acids is 1. The molecular weight excluding hydrogens is 462 g/mol. The fourth-order valence-electron chi connectivity index (χ4n) is 3.97. The molecule has 1 unspecified atom stereocenters. The summed E-state index contributed by atoms with van der Waals surface area (Å²) in [5, 5.41) is 12.2. The van der Waals surface area contributed by atoms with Crippen molar-refractivity contribution in [2.75, 3.05) is 21.2 Å². The van der Waals surface area contributed by atoms with E-state index in [-0.39, 0.29) is 10.5 Å². The predicted octanol–water partition coefficient (Wildman–Crippen LogP) is 4.70. The largest absolute Gasteiger partial charge is 0.493 e. The van der Waals surface area contributed by atoms with Crippen molar-refractivity contribution >= 4 is 12.0 Å². The Hall–Kier alpha value is -3.85. The molecule has 0 aliphatic carbocycles. The molecule has 0 spiro atoms. The second kappa shape index (κ2) is 10.4. The van der Waals surface area contributed by atoms with E-state index >= 15 is 0 Å². The van der Waals surface area contributed by atoms with Crippen molar-refractivity contribution in [1.29, 1.82) is 0 Å². The van der Waals surface area contributed by atoms with Crippen LogP contribution in [0.1, 0.15) is 36.4 Å². The van der Waals surface area contributed by atoms with Crippen molar-refractivity contribution in [3.05, 3.63) is 65.0 Å². The van der Waals surface area contributed by atoms with Crippen molar-refractivity contribution < 1.29 is 33.1 Å². The monoisotopic (exact) mass is 496 g/mol. The summed E-state index contributed by atoms with van der Waals surface area (Å²) in [6, 6.07) is 13.1. The van der Waals surface area contributed by atoms with Crippen LogP contribution in [-0.2, 0) is 17.9 Å². The molecule has 2 aromatic carbocycles. The van der Waals surface area contributed by atoms with E-state index in [1.54, 1.807) is 13.1 Å². The normalized spacial score (nSPS) is 13.1. The summed E-state index contributed by atoms with van der Waals surface area (Å²) in [5.74, 6) is 0.811. The van der Waals surface area contributed by atoms with Crippen LogP contribution in [0.5, 0.6) is 11.5 Å². The van der Waals surface area contributed by atoms with Crippen molar-refractivity contribution in [3.8, 4) is 23.0 Å². The lowest BCUT2D eigenvalue weighted by Gasteiger charge is -2.31. The summed E-state index contributed by atoms with van der Waals surface area (Å²) in [4.78, 5) is 29.3. The Morgan fingerprint density at radius 2 is 1.81 bits per heavy atom. The maximum Gasteiger partial charge on any atom is 0.416 e. The average Bonchev–Trinajstić information content (AvgIpc) is 3.20. The Morgan fingerprint density at radius 3 is 2.39 bits per heavy atom. The zero-order chi connectivity index (χ0) is 26.7. The zero-order valence-electron chi connectivity index (χ0n) is 21.8. The van der Waals surface area contributed by atoms with Gasteiger partial charge in [-0.25, -0.2) is 19.1 Å². The molecule has 9 nitrogen and oxygen atoms in total. The molecule has 1 heterocycles. The standard InChI is InChI=1S/C27H33N3O6/c1-17-13-19(14-22(34-7)23(17)36-27(3,4)25(31)32)15-30(6,26(33)28-5)16-21-18(2)35-24(29-21)20-11-9-8-10-12-20/h8-14H,15-16H2,1-7H3,(H-,28,31,32,33)/p+1. The number of carboxylic acid groups (broad SMARTS) is 1. The molecule has 2 amide bonds. The number of ether oxygens (including phenoxy) is 2. The summed E-state index contributed by atoms with van der Waals surface area (Å²) < 4.78 is 17.2. The van der Waals surface area contributed by atoms with E-state index in [1.165, 1.54) is 21.0 Å². The van der Waals surface area contributed by atoms with Crippen LogP contribution >= 0.6 is 0 Å². The van der Waals surface area contributed by atoms with Gasteiger partial charge >= 0.3 is 12.0 Å². The second-order valence-electron chi connectivity index (χ2n) is 9.52. The molecule has 2 N–H and O–H groups in total. The molecule has 0 saturated heterocycles. The molecule has 0 aliphatic heterocycles. The van der Waals surface area contributed by atoms with E-state index in [9.17, 15) is 14.7 Å². The molecule has 36 heavy (non-hydrogen) atoms. The van der Waals surface area contributed by atoms with Gasteiger partial charge < -0.3 is 24.3 Å². The minimum absolute atomic E-state index is 0.0263. The number of benzene rings is 2. The van der Waals surface area contributed by atoms with Crippen LogP contribution < -0.4 is 14.8 Å². The fourth-order valence-corrected chi connectivity index (χ4v) is 3.97. The number of nitrogens with one attached hydrogen (secondary N) is 1. The molecule has 0 fully saturated rings. The number of carbonyl (C=O) groups is 2. The summed E-state index contributed by atoms with van der Waals surface area (Å²) in [6.07, 6.45) is 0. The van der Waals surface area contributed by atoms with Crippen LogP contribution in [0.4, 0.5) is 4.79 Å². The molecule has 0 radical (unpaired) electrons. The molecule has 9 heteroatoms. The molecule has 1 atom stereocenters. The SMILES string of the molecule is CNC(=O)[N+](C)(Cc1cc(C)c(OC(C)(C)C(=O)O)c(OC)c1)Cc1nc(-c2ccccc2)oc1C. The van der Waals surface area contributed by atoms with Crippen molar-refractivity contribution in [1.82, 2.24) is 10.3 Å². The number of hydrogen-bond acceptors (Lipinski definition) is 6. The lowest BCUT2D eigenvalue weighted by atomic mass is 10.1. The van der Waals surface area contributed by atoms with Gasteiger partial charge in [0.15, 0.2) is 17.1 Å². The highest BCUT2D eigenvalue weighted by Crippen LogP contribution is 2.36. The van der Waals surface area contributed by atoms with Crippen LogP contribution in [0.3, 0.4) is 0 Å². The second-order valence-corrected chi connectivity index (χ2v) is 9.52. The molecule has 1 aromatic heterocycles. The number of oxazole rings is 1. The van der Waals surface area contributed by atoms with Crippen LogP contribution in [0.2, 0.25) is 0 Å². The fraction of sp³-hybridized carbons (Fsp3) is 0.370. The molecule has 3 rings (SSSR count).